The molecule has 0 unspecified atom stereocenters. The van der Waals surface area contributed by atoms with Gasteiger partial charge in [-0.3, -0.25) is 19.2 Å². The van der Waals surface area contributed by atoms with Gasteiger partial charge in [-0.15, -0.1) is 47.0 Å². The number of nitrogens with two attached hydrogens (primary N) is 2. The van der Waals surface area contributed by atoms with Crippen molar-refractivity contribution < 1.29 is 23.9 Å². The van der Waals surface area contributed by atoms with Crippen LogP contribution in [0.25, 0.3) is 0 Å². The van der Waals surface area contributed by atoms with E-state index in [1.165, 1.54) is 42.4 Å². The Kier molecular flexibility index (Phi) is 19.1. The lowest BCUT2D eigenvalue weighted by molar-refractivity contribution is -0.137. The van der Waals surface area contributed by atoms with Crippen LogP contribution in [0.3, 0.4) is 0 Å². The van der Waals surface area contributed by atoms with E-state index in [0.717, 1.165) is 39.2 Å². The predicted molar refractivity (Wildman–Crippen MR) is 208 cm³/mol. The number of benzene rings is 4. The number of ketones is 3. The summed E-state index contributed by atoms with van der Waals surface area (Å²) in [5.41, 5.74) is 10.6. The smallest absolute Gasteiger partial charge is 0.315 e. The molecule has 0 fully saturated rings. The van der Waals surface area contributed by atoms with Crippen LogP contribution in [0, 0.1) is 0 Å². The standard InChI is InChI=1S/C18H20N2O2S3.C18H18O3S3/c19-9-13(21)11-23-15-1-5-17(6-2-15)25-18-7-3-16(4-8-18)24-12-14(22)10-20;1-13(19)11-22-14-3-7-16(8-4-14)24-17-9-5-15(6-10-17)23-12-18(20)21-2/h1-8H,9-12,19-20H2;3-10H,11-12H2,1-2H3. The van der Waals surface area contributed by atoms with Crippen molar-refractivity contribution in [3.05, 3.63) is 97.1 Å². The number of ether oxygens (including phenoxy) is 1. The molecule has 4 rings (SSSR count). The zero-order chi connectivity index (χ0) is 35.4. The van der Waals surface area contributed by atoms with Crippen molar-refractivity contribution in [2.24, 2.45) is 11.5 Å². The molecule has 0 aliphatic rings. The van der Waals surface area contributed by atoms with E-state index >= 15 is 0 Å². The van der Waals surface area contributed by atoms with Gasteiger partial charge in [-0.1, -0.05) is 23.5 Å². The summed E-state index contributed by atoms with van der Waals surface area (Å²) in [6.45, 7) is 1.79. The fourth-order valence-corrected chi connectivity index (χ4v) is 8.13. The van der Waals surface area contributed by atoms with E-state index in [0.29, 0.717) is 23.0 Å². The molecule has 0 radical (unpaired) electrons. The van der Waals surface area contributed by atoms with Gasteiger partial charge in [0.2, 0.25) is 0 Å². The molecule has 0 spiro atoms. The largest absolute Gasteiger partial charge is 0.468 e. The third-order valence-corrected chi connectivity index (χ3v) is 12.4. The van der Waals surface area contributed by atoms with Gasteiger partial charge in [-0.2, -0.15) is 0 Å². The van der Waals surface area contributed by atoms with Crippen molar-refractivity contribution in [3.8, 4) is 0 Å². The first-order valence-electron chi connectivity index (χ1n) is 14.9. The molecular weight excluding hydrogens is 733 g/mol. The zero-order valence-electron chi connectivity index (χ0n) is 27.1. The first-order valence-corrected chi connectivity index (χ1v) is 20.5. The Morgan fingerprint density at radius 2 is 0.735 bits per heavy atom. The normalized spacial score (nSPS) is 10.5. The van der Waals surface area contributed by atoms with Crippen molar-refractivity contribution in [2.45, 2.75) is 46.1 Å². The molecule has 0 bridgehead atoms. The lowest BCUT2D eigenvalue weighted by Gasteiger charge is -2.05. The third kappa shape index (κ3) is 16.8. The van der Waals surface area contributed by atoms with E-state index in [9.17, 15) is 19.2 Å². The highest BCUT2D eigenvalue weighted by molar-refractivity contribution is 8.01. The maximum atomic E-state index is 11.2. The highest BCUT2D eigenvalue weighted by atomic mass is 32.2. The lowest BCUT2D eigenvalue weighted by atomic mass is 10.4. The molecule has 4 aromatic carbocycles. The lowest BCUT2D eigenvalue weighted by Crippen LogP contribution is -2.15. The maximum absolute atomic E-state index is 11.2. The first kappa shape index (κ1) is 40.8. The molecule has 0 aliphatic carbocycles. The van der Waals surface area contributed by atoms with Crippen molar-refractivity contribution in [1.29, 1.82) is 0 Å². The van der Waals surface area contributed by atoms with Gasteiger partial charge in [0.1, 0.15) is 5.78 Å². The number of hydrogen-bond donors (Lipinski definition) is 2. The average Bonchev–Trinajstić information content (AvgIpc) is 3.13. The Bertz CT molecular complexity index is 1570. The van der Waals surface area contributed by atoms with E-state index in [4.69, 9.17) is 11.5 Å². The minimum absolute atomic E-state index is 0.0505. The van der Waals surface area contributed by atoms with Gasteiger partial charge in [0.15, 0.2) is 11.6 Å². The summed E-state index contributed by atoms with van der Waals surface area (Å²) in [5.74, 6) is 1.72. The highest BCUT2D eigenvalue weighted by Gasteiger charge is 2.06. The van der Waals surface area contributed by atoms with E-state index in [-0.39, 0.29) is 36.4 Å². The molecule has 4 aromatic rings. The topological polar surface area (TPSA) is 130 Å². The first-order chi connectivity index (χ1) is 23.7. The van der Waals surface area contributed by atoms with Gasteiger partial charge in [0.25, 0.3) is 0 Å². The molecule has 13 heteroatoms. The molecule has 0 atom stereocenters. The highest BCUT2D eigenvalue weighted by Crippen LogP contribution is 2.32. The van der Waals surface area contributed by atoms with Gasteiger partial charge in [0, 0.05) is 39.2 Å². The zero-order valence-corrected chi connectivity index (χ0v) is 32.0. The minimum atomic E-state index is -0.221. The molecule has 0 saturated carbocycles. The van der Waals surface area contributed by atoms with Crippen LogP contribution in [0.5, 0.6) is 0 Å². The minimum Gasteiger partial charge on any atom is -0.468 e. The summed E-state index contributed by atoms with van der Waals surface area (Å²) < 4.78 is 4.63. The van der Waals surface area contributed by atoms with Crippen LogP contribution in [-0.4, -0.2) is 66.5 Å². The molecule has 0 aromatic heterocycles. The number of thioether (sulfide) groups is 4. The number of carbonyl (C=O) groups excluding carboxylic acids is 4. The quantitative estimate of drug-likeness (QED) is 0.0753. The van der Waals surface area contributed by atoms with Crippen LogP contribution < -0.4 is 11.5 Å². The molecule has 0 saturated heterocycles. The molecule has 0 heterocycles. The predicted octanol–water partition coefficient (Wildman–Crippen LogP) is 7.86. The monoisotopic (exact) mass is 770 g/mol. The van der Waals surface area contributed by atoms with Crippen molar-refractivity contribution >= 4 is 93.9 Å². The van der Waals surface area contributed by atoms with Gasteiger partial charge in [-0.25, -0.2) is 0 Å². The van der Waals surface area contributed by atoms with Crippen LogP contribution in [0.15, 0.2) is 136 Å². The summed E-state index contributed by atoms with van der Waals surface area (Å²) in [5, 5.41) is 0. The summed E-state index contributed by atoms with van der Waals surface area (Å²) in [4.78, 5) is 53.4. The third-order valence-electron chi connectivity index (χ3n) is 6.05. The van der Waals surface area contributed by atoms with E-state index in [1.807, 2.05) is 84.9 Å². The molecule has 49 heavy (non-hydrogen) atoms. The second-order valence-electron chi connectivity index (χ2n) is 10.0. The van der Waals surface area contributed by atoms with E-state index in [2.05, 4.69) is 16.9 Å². The number of Topliss-reactive ketones (excluding diaryl/α,β-unsaturated/α-hetero) is 3. The van der Waals surface area contributed by atoms with Gasteiger partial charge >= 0.3 is 5.97 Å². The summed E-state index contributed by atoms with van der Waals surface area (Å²) in [6, 6.07) is 32.5. The number of esters is 1. The molecule has 4 N–H and O–H groups in total. The van der Waals surface area contributed by atoms with Gasteiger partial charge in [0.05, 0.1) is 43.2 Å². The summed E-state index contributed by atoms with van der Waals surface area (Å²) in [6.07, 6.45) is 0. The second-order valence-corrected chi connectivity index (χ2v) is 16.5. The Morgan fingerprint density at radius 1 is 0.469 bits per heavy atom. The van der Waals surface area contributed by atoms with Gasteiger partial charge in [-0.05, 0) is 104 Å². The summed E-state index contributed by atoms with van der Waals surface area (Å²) in [7, 11) is 1.40. The van der Waals surface area contributed by atoms with Crippen molar-refractivity contribution in [3.63, 3.8) is 0 Å². The van der Waals surface area contributed by atoms with E-state index in [1.54, 1.807) is 42.2 Å². The Labute approximate surface area is 313 Å². The Balaban J connectivity index is 0.000000266. The maximum Gasteiger partial charge on any atom is 0.315 e. The molecule has 7 nitrogen and oxygen atoms in total. The van der Waals surface area contributed by atoms with Crippen molar-refractivity contribution in [2.75, 3.05) is 43.2 Å². The second kappa shape index (κ2) is 23.0. The number of carbonyl (C=O) groups is 4. The van der Waals surface area contributed by atoms with Crippen LogP contribution >= 0.6 is 70.6 Å². The van der Waals surface area contributed by atoms with E-state index < -0.39 is 0 Å². The summed E-state index contributed by atoms with van der Waals surface area (Å²) >= 11 is 9.37. The fraction of sp³-hybridized carbons (Fsp3) is 0.222. The number of rotatable bonds is 18. The average molecular weight is 771 g/mol. The molecule has 0 amide bonds. The van der Waals surface area contributed by atoms with Crippen LogP contribution in [0.2, 0.25) is 0 Å². The van der Waals surface area contributed by atoms with Crippen molar-refractivity contribution in [1.82, 2.24) is 0 Å². The Morgan fingerprint density at radius 3 is 1.00 bits per heavy atom. The molecule has 258 valence electrons. The molecular formula is C36H38N2O5S6. The fourth-order valence-electron chi connectivity index (χ4n) is 3.52. The molecule has 0 aliphatic heterocycles. The van der Waals surface area contributed by atoms with Crippen LogP contribution in [0.4, 0.5) is 0 Å². The van der Waals surface area contributed by atoms with Crippen LogP contribution in [-0.2, 0) is 23.9 Å². The van der Waals surface area contributed by atoms with Gasteiger partial charge < -0.3 is 16.2 Å². The SMILES string of the molecule is COC(=O)CSc1ccc(Sc2ccc(SCC(C)=O)cc2)cc1.NCC(=O)CSc1ccc(Sc2ccc(SCC(=O)CN)cc2)cc1. The number of hydrogen-bond acceptors (Lipinski definition) is 13. The number of methoxy groups -OCH3 is 1. The van der Waals surface area contributed by atoms with Crippen LogP contribution in [0.1, 0.15) is 6.92 Å². The Hall–Kier alpha value is -2.62.